The normalized spacial score (nSPS) is 32.6. The van der Waals surface area contributed by atoms with Crippen molar-refractivity contribution in [2.45, 2.75) is 18.6 Å². The molecule has 1 heterocycles. The molecular weight excluding hydrogens is 162 g/mol. The standard InChI is InChI=1S/C7H13NO3.H2O/c1-8(2)4-5(9)3-6(8)7(10)11;/h5-6,9H,3-4H2,1-2H3;1H2/t5-,6-;/m1./s1. The molecule has 0 radical (unpaired) electrons. The molecule has 5 nitrogen and oxygen atoms in total. The third-order valence-corrected chi connectivity index (χ3v) is 2.29. The van der Waals surface area contributed by atoms with Gasteiger partial charge in [0.1, 0.15) is 18.7 Å². The fourth-order valence-corrected chi connectivity index (χ4v) is 1.67. The summed E-state index contributed by atoms with van der Waals surface area (Å²) < 4.78 is 0.323. The maximum absolute atomic E-state index is 10.5. The second-order valence-electron chi connectivity index (χ2n) is 3.69. The third-order valence-electron chi connectivity index (χ3n) is 2.29. The fraction of sp³-hybridized carbons (Fsp3) is 0.857. The molecule has 0 aromatic heterocycles. The van der Waals surface area contributed by atoms with Crippen molar-refractivity contribution in [3.63, 3.8) is 0 Å². The van der Waals surface area contributed by atoms with E-state index in [0.29, 0.717) is 17.4 Å². The van der Waals surface area contributed by atoms with Crippen molar-refractivity contribution in [2.75, 3.05) is 20.6 Å². The average Bonchev–Trinajstić information content (AvgIpc) is 2.04. The quantitative estimate of drug-likeness (QED) is 0.436. The molecule has 0 spiro atoms. The van der Waals surface area contributed by atoms with Gasteiger partial charge >= 0.3 is 0 Å². The van der Waals surface area contributed by atoms with Crippen LogP contribution in [-0.2, 0) is 4.79 Å². The fourth-order valence-electron chi connectivity index (χ4n) is 1.67. The van der Waals surface area contributed by atoms with Gasteiger partial charge in [-0.3, -0.25) is 0 Å². The van der Waals surface area contributed by atoms with E-state index in [0.717, 1.165) is 0 Å². The Morgan fingerprint density at radius 1 is 1.58 bits per heavy atom. The molecule has 5 heteroatoms. The number of likely N-dealkylation sites (tertiary alicyclic amines) is 1. The minimum Gasteiger partial charge on any atom is -0.544 e. The van der Waals surface area contributed by atoms with Gasteiger partial charge in [-0.2, -0.15) is 0 Å². The van der Waals surface area contributed by atoms with Crippen LogP contribution in [-0.4, -0.2) is 53.8 Å². The maximum Gasteiger partial charge on any atom is 0.132 e. The number of aliphatic hydroxyl groups is 1. The molecule has 0 aromatic rings. The number of carboxylic acid groups (broad SMARTS) is 1. The first-order chi connectivity index (χ1) is 4.93. The van der Waals surface area contributed by atoms with Crippen LogP contribution in [0, 0.1) is 0 Å². The monoisotopic (exact) mass is 177 g/mol. The predicted molar refractivity (Wildman–Crippen MR) is 40.0 cm³/mol. The number of aliphatic carboxylic acids is 1. The molecule has 0 amide bonds. The first-order valence-electron chi connectivity index (χ1n) is 3.65. The van der Waals surface area contributed by atoms with Gasteiger partial charge in [0.2, 0.25) is 0 Å². The Bertz CT molecular complexity index is 180. The van der Waals surface area contributed by atoms with Crippen molar-refractivity contribution in [1.82, 2.24) is 0 Å². The van der Waals surface area contributed by atoms with E-state index in [4.69, 9.17) is 0 Å². The van der Waals surface area contributed by atoms with Crippen LogP contribution in [0.2, 0.25) is 0 Å². The van der Waals surface area contributed by atoms with E-state index in [2.05, 4.69) is 0 Å². The van der Waals surface area contributed by atoms with Gasteiger partial charge in [-0.1, -0.05) is 0 Å². The number of hydrogen-bond donors (Lipinski definition) is 1. The number of rotatable bonds is 1. The lowest BCUT2D eigenvalue weighted by atomic mass is 10.2. The summed E-state index contributed by atoms with van der Waals surface area (Å²) in [5.41, 5.74) is 0. The van der Waals surface area contributed by atoms with E-state index in [1.807, 2.05) is 0 Å². The summed E-state index contributed by atoms with van der Waals surface area (Å²) in [6.07, 6.45) is -0.178. The molecule has 0 saturated carbocycles. The zero-order valence-corrected chi connectivity index (χ0v) is 7.28. The maximum atomic E-state index is 10.5. The molecule has 1 fully saturated rings. The molecule has 72 valence electrons. The summed E-state index contributed by atoms with van der Waals surface area (Å²) in [4.78, 5) is 10.5. The Labute approximate surface area is 71.1 Å². The second kappa shape index (κ2) is 3.38. The van der Waals surface area contributed by atoms with E-state index in [1.165, 1.54) is 0 Å². The number of likely N-dealkylation sites (N-methyl/N-ethyl adjacent to an activating group) is 1. The first kappa shape index (κ1) is 11.4. The molecule has 0 aliphatic carbocycles. The summed E-state index contributed by atoms with van der Waals surface area (Å²) in [5.74, 6) is -1.06. The molecule has 1 rings (SSSR count). The van der Waals surface area contributed by atoms with Gasteiger partial charge in [-0.15, -0.1) is 0 Å². The van der Waals surface area contributed by atoms with Crippen LogP contribution in [0.4, 0.5) is 0 Å². The van der Waals surface area contributed by atoms with Crippen LogP contribution >= 0.6 is 0 Å². The summed E-state index contributed by atoms with van der Waals surface area (Å²) >= 11 is 0. The number of carboxylic acids is 1. The van der Waals surface area contributed by atoms with Crippen molar-refractivity contribution in [1.29, 1.82) is 0 Å². The molecule has 0 unspecified atom stereocenters. The number of quaternary nitrogens is 1. The van der Waals surface area contributed by atoms with Crippen LogP contribution < -0.4 is 5.11 Å². The van der Waals surface area contributed by atoms with Crippen LogP contribution in [0.3, 0.4) is 0 Å². The largest absolute Gasteiger partial charge is 0.544 e. The Morgan fingerprint density at radius 3 is 2.25 bits per heavy atom. The highest BCUT2D eigenvalue weighted by Crippen LogP contribution is 2.21. The number of carbonyl (C=O) groups excluding carboxylic acids is 1. The average molecular weight is 177 g/mol. The number of nitrogens with zero attached hydrogens (tertiary/aromatic N) is 1. The van der Waals surface area contributed by atoms with Crippen molar-refractivity contribution in [3.05, 3.63) is 0 Å². The van der Waals surface area contributed by atoms with E-state index in [1.54, 1.807) is 14.1 Å². The SMILES string of the molecule is C[N+]1(C)C[C@H](O)C[C@@H]1C(=O)[O-].O. The lowest BCUT2D eigenvalue weighted by molar-refractivity contribution is -0.896. The summed E-state index contributed by atoms with van der Waals surface area (Å²) in [5, 5.41) is 19.7. The second-order valence-corrected chi connectivity index (χ2v) is 3.69. The molecule has 1 aliphatic rings. The van der Waals surface area contributed by atoms with Crippen molar-refractivity contribution in [3.8, 4) is 0 Å². The molecule has 12 heavy (non-hydrogen) atoms. The van der Waals surface area contributed by atoms with Crippen LogP contribution in [0.5, 0.6) is 0 Å². The van der Waals surface area contributed by atoms with Crippen molar-refractivity contribution < 1.29 is 25.0 Å². The Kier molecular flexibility index (Phi) is 3.20. The van der Waals surface area contributed by atoms with Crippen LogP contribution in [0.15, 0.2) is 0 Å². The van der Waals surface area contributed by atoms with E-state index < -0.39 is 18.1 Å². The zero-order chi connectivity index (χ0) is 8.65. The predicted octanol–water partition coefficient (Wildman–Crippen LogP) is -2.88. The van der Waals surface area contributed by atoms with Gasteiger partial charge in [-0.25, -0.2) is 0 Å². The third kappa shape index (κ3) is 1.94. The Balaban J connectivity index is 0.00000121. The van der Waals surface area contributed by atoms with Gasteiger partial charge in [0.05, 0.1) is 20.1 Å². The lowest BCUT2D eigenvalue weighted by Gasteiger charge is -2.31. The number of carbonyl (C=O) groups is 1. The summed E-state index contributed by atoms with van der Waals surface area (Å²) in [6.45, 7) is 0.499. The summed E-state index contributed by atoms with van der Waals surface area (Å²) in [7, 11) is 3.58. The topological polar surface area (TPSA) is 91.9 Å². The zero-order valence-electron chi connectivity index (χ0n) is 7.28. The number of hydrogen-bond acceptors (Lipinski definition) is 3. The lowest BCUT2D eigenvalue weighted by Crippen LogP contribution is -2.53. The van der Waals surface area contributed by atoms with E-state index in [9.17, 15) is 15.0 Å². The van der Waals surface area contributed by atoms with Crippen molar-refractivity contribution in [2.24, 2.45) is 0 Å². The minimum absolute atomic E-state index is 0. The highest BCUT2D eigenvalue weighted by Gasteiger charge is 2.40. The van der Waals surface area contributed by atoms with Gasteiger partial charge in [0.25, 0.3) is 0 Å². The Morgan fingerprint density at radius 2 is 2.08 bits per heavy atom. The first-order valence-corrected chi connectivity index (χ1v) is 3.65. The molecule has 0 aromatic carbocycles. The van der Waals surface area contributed by atoms with Crippen molar-refractivity contribution >= 4 is 5.97 Å². The van der Waals surface area contributed by atoms with E-state index >= 15 is 0 Å². The van der Waals surface area contributed by atoms with Gasteiger partial charge < -0.3 is 25.0 Å². The minimum atomic E-state index is -1.06. The summed E-state index contributed by atoms with van der Waals surface area (Å²) in [6, 6.07) is -0.551. The smallest absolute Gasteiger partial charge is 0.132 e. The number of aliphatic hydroxyl groups excluding tert-OH is 1. The molecule has 1 aliphatic heterocycles. The molecule has 1 saturated heterocycles. The Hall–Kier alpha value is -0.650. The molecule has 2 atom stereocenters. The van der Waals surface area contributed by atoms with Gasteiger partial charge in [0.15, 0.2) is 0 Å². The van der Waals surface area contributed by atoms with Gasteiger partial charge in [-0.05, 0) is 0 Å². The van der Waals surface area contributed by atoms with Crippen LogP contribution in [0.1, 0.15) is 6.42 Å². The molecule has 3 N–H and O–H groups in total. The highest BCUT2D eigenvalue weighted by atomic mass is 16.4. The highest BCUT2D eigenvalue weighted by molar-refractivity contribution is 5.70. The van der Waals surface area contributed by atoms with Gasteiger partial charge in [0, 0.05) is 6.42 Å². The van der Waals surface area contributed by atoms with Crippen LogP contribution in [0.25, 0.3) is 0 Å². The van der Waals surface area contributed by atoms with E-state index in [-0.39, 0.29) is 5.48 Å². The molecule has 0 bridgehead atoms. The molecular formula is C7H15NO4.